The Morgan fingerprint density at radius 2 is 2.14 bits per heavy atom. The third kappa shape index (κ3) is 3.50. The Balaban J connectivity index is 2.49. The van der Waals surface area contributed by atoms with Gasteiger partial charge in [0.2, 0.25) is 0 Å². The summed E-state index contributed by atoms with van der Waals surface area (Å²) in [5, 5.41) is 1.72. The highest BCUT2D eigenvalue weighted by molar-refractivity contribution is 9.09. The van der Waals surface area contributed by atoms with Gasteiger partial charge in [0.25, 0.3) is 0 Å². The first-order chi connectivity index (χ1) is 6.75. The lowest BCUT2D eigenvalue weighted by Crippen LogP contribution is -1.99. The zero-order chi connectivity index (χ0) is 10.4. The van der Waals surface area contributed by atoms with Crippen molar-refractivity contribution in [3.8, 4) is 5.75 Å². The summed E-state index contributed by atoms with van der Waals surface area (Å²) in [6.07, 6.45) is 2.18. The summed E-state index contributed by atoms with van der Waals surface area (Å²) in [5.41, 5.74) is 1.09. The second kappa shape index (κ2) is 6.31. The minimum Gasteiger partial charge on any atom is -0.492 e. The predicted octanol–water partition coefficient (Wildman–Crippen LogP) is 4.20. The van der Waals surface area contributed by atoms with Gasteiger partial charge >= 0.3 is 0 Å². The van der Waals surface area contributed by atoms with Crippen LogP contribution >= 0.6 is 27.5 Å². The zero-order valence-corrected chi connectivity index (χ0v) is 10.6. The van der Waals surface area contributed by atoms with E-state index in [1.165, 1.54) is 0 Å². The number of aryl methyl sites for hydroxylation is 1. The van der Waals surface area contributed by atoms with E-state index in [0.717, 1.165) is 36.1 Å². The van der Waals surface area contributed by atoms with E-state index in [1.807, 2.05) is 25.1 Å². The molecule has 78 valence electrons. The number of halogens is 2. The van der Waals surface area contributed by atoms with Crippen LogP contribution in [0.4, 0.5) is 0 Å². The summed E-state index contributed by atoms with van der Waals surface area (Å²) in [6.45, 7) is 2.74. The standard InChI is InChI=1S/C11H14BrClO/c1-9-5-4-6-10(13)11(9)14-8-3-2-7-12/h4-6H,2-3,7-8H2,1H3. The molecule has 1 aromatic rings. The summed E-state index contributed by atoms with van der Waals surface area (Å²) >= 11 is 9.39. The number of unbranched alkanes of at least 4 members (excludes halogenated alkanes) is 1. The Bertz CT molecular complexity index is 268. The molecule has 0 spiro atoms. The molecule has 1 rings (SSSR count). The molecule has 0 radical (unpaired) electrons. The van der Waals surface area contributed by atoms with Gasteiger partial charge in [0, 0.05) is 5.33 Å². The van der Waals surface area contributed by atoms with Crippen LogP contribution in [0, 0.1) is 6.92 Å². The van der Waals surface area contributed by atoms with Crippen LogP contribution in [0.25, 0.3) is 0 Å². The Kier molecular flexibility index (Phi) is 5.34. The van der Waals surface area contributed by atoms with Crippen LogP contribution in [0.5, 0.6) is 5.75 Å². The molecule has 0 fully saturated rings. The fraction of sp³-hybridized carbons (Fsp3) is 0.455. The molecule has 3 heteroatoms. The lowest BCUT2D eigenvalue weighted by molar-refractivity contribution is 0.308. The van der Waals surface area contributed by atoms with E-state index in [4.69, 9.17) is 16.3 Å². The third-order valence-electron chi connectivity index (χ3n) is 1.94. The van der Waals surface area contributed by atoms with Gasteiger partial charge in [0.15, 0.2) is 0 Å². The Morgan fingerprint density at radius 3 is 2.79 bits per heavy atom. The Hall–Kier alpha value is -0.210. The first kappa shape index (κ1) is 11.9. The quantitative estimate of drug-likeness (QED) is 0.579. The number of hydrogen-bond acceptors (Lipinski definition) is 1. The Morgan fingerprint density at radius 1 is 1.36 bits per heavy atom. The van der Waals surface area contributed by atoms with Crippen molar-refractivity contribution >= 4 is 27.5 Å². The number of rotatable bonds is 5. The second-order valence-electron chi connectivity index (χ2n) is 3.13. The van der Waals surface area contributed by atoms with Crippen LogP contribution in [0.3, 0.4) is 0 Å². The van der Waals surface area contributed by atoms with Gasteiger partial charge in [-0.2, -0.15) is 0 Å². The number of hydrogen-bond donors (Lipinski definition) is 0. The van der Waals surface area contributed by atoms with Gasteiger partial charge in [0.05, 0.1) is 11.6 Å². The molecule has 0 heterocycles. The van der Waals surface area contributed by atoms with Crippen molar-refractivity contribution in [1.29, 1.82) is 0 Å². The summed E-state index contributed by atoms with van der Waals surface area (Å²) in [7, 11) is 0. The van der Waals surface area contributed by atoms with Crippen LogP contribution in [-0.4, -0.2) is 11.9 Å². The number of ether oxygens (including phenoxy) is 1. The molecule has 0 atom stereocenters. The van der Waals surface area contributed by atoms with Crippen molar-refractivity contribution in [2.75, 3.05) is 11.9 Å². The smallest absolute Gasteiger partial charge is 0.140 e. The fourth-order valence-electron chi connectivity index (χ4n) is 1.17. The first-order valence-corrected chi connectivity index (χ1v) is 6.19. The molecule has 0 aliphatic heterocycles. The van der Waals surface area contributed by atoms with Crippen LogP contribution in [-0.2, 0) is 0 Å². The molecule has 1 nitrogen and oxygen atoms in total. The van der Waals surface area contributed by atoms with Gasteiger partial charge in [-0.15, -0.1) is 0 Å². The highest BCUT2D eigenvalue weighted by atomic mass is 79.9. The average Bonchev–Trinajstić information content (AvgIpc) is 2.16. The second-order valence-corrected chi connectivity index (χ2v) is 4.33. The molecule has 0 bridgehead atoms. The average molecular weight is 278 g/mol. The maximum atomic E-state index is 6.01. The highest BCUT2D eigenvalue weighted by Gasteiger charge is 2.03. The molecule has 0 unspecified atom stereocenters. The van der Waals surface area contributed by atoms with E-state index in [9.17, 15) is 0 Å². The lowest BCUT2D eigenvalue weighted by Gasteiger charge is -2.09. The molecule has 0 amide bonds. The first-order valence-electron chi connectivity index (χ1n) is 4.69. The zero-order valence-electron chi connectivity index (χ0n) is 8.22. The van der Waals surface area contributed by atoms with Crippen LogP contribution in [0.1, 0.15) is 18.4 Å². The number of para-hydroxylation sites is 1. The molecular formula is C11H14BrClO. The maximum Gasteiger partial charge on any atom is 0.140 e. The fourth-order valence-corrected chi connectivity index (χ4v) is 1.84. The minimum atomic E-state index is 0.698. The summed E-state index contributed by atoms with van der Waals surface area (Å²) in [6, 6.07) is 5.79. The normalized spacial score (nSPS) is 10.2. The van der Waals surface area contributed by atoms with Gasteiger partial charge in [-0.05, 0) is 31.4 Å². The largest absolute Gasteiger partial charge is 0.492 e. The molecule has 1 aromatic carbocycles. The highest BCUT2D eigenvalue weighted by Crippen LogP contribution is 2.27. The van der Waals surface area contributed by atoms with Gasteiger partial charge in [-0.3, -0.25) is 0 Å². The van der Waals surface area contributed by atoms with Crippen molar-refractivity contribution in [3.05, 3.63) is 28.8 Å². The summed E-state index contributed by atoms with van der Waals surface area (Å²) < 4.78 is 5.62. The third-order valence-corrected chi connectivity index (χ3v) is 2.80. The SMILES string of the molecule is Cc1cccc(Cl)c1OCCCCBr. The number of alkyl halides is 1. The van der Waals surface area contributed by atoms with Gasteiger partial charge in [-0.25, -0.2) is 0 Å². The molecule has 0 N–H and O–H groups in total. The van der Waals surface area contributed by atoms with Crippen molar-refractivity contribution in [1.82, 2.24) is 0 Å². The Labute approximate surface area is 98.5 Å². The van der Waals surface area contributed by atoms with E-state index < -0.39 is 0 Å². The number of benzene rings is 1. The monoisotopic (exact) mass is 276 g/mol. The van der Waals surface area contributed by atoms with Crippen molar-refractivity contribution in [2.45, 2.75) is 19.8 Å². The molecule has 0 aromatic heterocycles. The topological polar surface area (TPSA) is 9.23 Å². The van der Waals surface area contributed by atoms with Crippen LogP contribution < -0.4 is 4.74 Å². The van der Waals surface area contributed by atoms with Crippen LogP contribution in [0.15, 0.2) is 18.2 Å². The van der Waals surface area contributed by atoms with E-state index >= 15 is 0 Å². The molecule has 0 aliphatic carbocycles. The van der Waals surface area contributed by atoms with Gasteiger partial charge in [-0.1, -0.05) is 39.7 Å². The van der Waals surface area contributed by atoms with Gasteiger partial charge < -0.3 is 4.74 Å². The maximum absolute atomic E-state index is 6.01. The molecule has 0 aliphatic rings. The van der Waals surface area contributed by atoms with Gasteiger partial charge in [0.1, 0.15) is 5.75 Å². The summed E-state index contributed by atoms with van der Waals surface area (Å²) in [4.78, 5) is 0. The molecule has 14 heavy (non-hydrogen) atoms. The van der Waals surface area contributed by atoms with E-state index in [2.05, 4.69) is 15.9 Å². The summed E-state index contributed by atoms with van der Waals surface area (Å²) in [5.74, 6) is 0.823. The molecule has 0 saturated carbocycles. The lowest BCUT2D eigenvalue weighted by atomic mass is 10.2. The molecular weight excluding hydrogens is 263 g/mol. The van der Waals surface area contributed by atoms with Crippen LogP contribution in [0.2, 0.25) is 5.02 Å². The van der Waals surface area contributed by atoms with Crippen molar-refractivity contribution in [3.63, 3.8) is 0 Å². The predicted molar refractivity (Wildman–Crippen MR) is 64.7 cm³/mol. The van der Waals surface area contributed by atoms with Crippen molar-refractivity contribution < 1.29 is 4.74 Å². The molecule has 0 saturated heterocycles. The minimum absolute atomic E-state index is 0.698. The van der Waals surface area contributed by atoms with E-state index in [0.29, 0.717) is 5.02 Å². The van der Waals surface area contributed by atoms with E-state index in [1.54, 1.807) is 0 Å². The van der Waals surface area contributed by atoms with E-state index in [-0.39, 0.29) is 0 Å². The van der Waals surface area contributed by atoms with Crippen molar-refractivity contribution in [2.24, 2.45) is 0 Å².